The second kappa shape index (κ2) is 8.81. The Hall–Kier alpha value is -2.67. The van der Waals surface area contributed by atoms with E-state index in [4.69, 9.17) is 0 Å². The van der Waals surface area contributed by atoms with Crippen molar-refractivity contribution in [2.24, 2.45) is 7.05 Å². The summed E-state index contributed by atoms with van der Waals surface area (Å²) in [6.45, 7) is 4.13. The summed E-state index contributed by atoms with van der Waals surface area (Å²) in [5, 5.41) is 12.3. The molecule has 0 aliphatic rings. The Kier molecular flexibility index (Phi) is 6.24. The Morgan fingerprint density at radius 2 is 1.85 bits per heavy atom. The zero-order chi connectivity index (χ0) is 19.2. The van der Waals surface area contributed by atoms with Crippen LogP contribution in [0.1, 0.15) is 30.5 Å². The summed E-state index contributed by atoms with van der Waals surface area (Å²) in [4.78, 5) is 16.4. The van der Waals surface area contributed by atoms with E-state index in [1.807, 2.05) is 23.7 Å². The summed E-state index contributed by atoms with van der Waals surface area (Å²) < 4.78 is 1.89. The number of aromatic nitrogens is 4. The van der Waals surface area contributed by atoms with Crippen LogP contribution in [0.2, 0.25) is 0 Å². The maximum Gasteiger partial charge on any atom is 0.230 e. The molecule has 6 nitrogen and oxygen atoms in total. The maximum absolute atomic E-state index is 12.4. The molecule has 1 N–H and O–H groups in total. The van der Waals surface area contributed by atoms with E-state index in [0.29, 0.717) is 10.9 Å². The lowest BCUT2D eigenvalue weighted by Crippen LogP contribution is -2.29. The van der Waals surface area contributed by atoms with Crippen molar-refractivity contribution in [3.63, 3.8) is 0 Å². The lowest BCUT2D eigenvalue weighted by Gasteiger charge is -2.17. The molecule has 1 atom stereocenters. The van der Waals surface area contributed by atoms with Crippen LogP contribution in [0.15, 0.2) is 53.9 Å². The molecule has 27 heavy (non-hydrogen) atoms. The molecule has 3 rings (SSSR count). The zero-order valence-corrected chi connectivity index (χ0v) is 16.5. The number of amides is 1. The lowest BCUT2D eigenvalue weighted by molar-refractivity contribution is -0.119. The van der Waals surface area contributed by atoms with E-state index in [9.17, 15) is 4.79 Å². The highest BCUT2D eigenvalue weighted by Gasteiger charge is 2.15. The largest absolute Gasteiger partial charge is 0.349 e. The van der Waals surface area contributed by atoms with Crippen molar-refractivity contribution in [2.75, 3.05) is 5.75 Å². The predicted molar refractivity (Wildman–Crippen MR) is 107 cm³/mol. The van der Waals surface area contributed by atoms with Crippen molar-refractivity contribution in [1.82, 2.24) is 25.1 Å². The molecule has 140 valence electrons. The molecule has 7 heteroatoms. The van der Waals surface area contributed by atoms with Crippen LogP contribution in [0.4, 0.5) is 0 Å². The number of pyridine rings is 1. The number of nitrogens with zero attached hydrogens (tertiary/aromatic N) is 4. The van der Waals surface area contributed by atoms with Gasteiger partial charge >= 0.3 is 0 Å². The Morgan fingerprint density at radius 1 is 1.15 bits per heavy atom. The Balaban J connectivity index is 1.60. The monoisotopic (exact) mass is 381 g/mol. The van der Waals surface area contributed by atoms with E-state index in [0.717, 1.165) is 23.4 Å². The first kappa shape index (κ1) is 19.1. The van der Waals surface area contributed by atoms with Gasteiger partial charge in [0.15, 0.2) is 11.0 Å². The Morgan fingerprint density at radius 3 is 2.52 bits per heavy atom. The smallest absolute Gasteiger partial charge is 0.230 e. The van der Waals surface area contributed by atoms with Gasteiger partial charge in [-0.25, -0.2) is 0 Å². The number of hydrogen-bond donors (Lipinski definition) is 1. The number of nitrogens with one attached hydrogen (secondary N) is 1. The minimum atomic E-state index is -0.0131. The molecule has 0 fully saturated rings. The highest BCUT2D eigenvalue weighted by atomic mass is 32.2. The summed E-state index contributed by atoms with van der Waals surface area (Å²) in [5.41, 5.74) is 3.28. The molecule has 0 bridgehead atoms. The topological polar surface area (TPSA) is 72.7 Å². The highest BCUT2D eigenvalue weighted by molar-refractivity contribution is 7.99. The van der Waals surface area contributed by atoms with Crippen LogP contribution in [-0.2, 0) is 11.8 Å². The van der Waals surface area contributed by atoms with Crippen LogP contribution in [0.3, 0.4) is 0 Å². The summed E-state index contributed by atoms with van der Waals surface area (Å²) in [6.07, 6.45) is 4.29. The third-order valence-electron chi connectivity index (χ3n) is 4.33. The molecule has 2 heterocycles. The van der Waals surface area contributed by atoms with Gasteiger partial charge in [-0.05, 0) is 31.0 Å². The van der Waals surface area contributed by atoms with Gasteiger partial charge in [0.1, 0.15) is 0 Å². The van der Waals surface area contributed by atoms with Crippen LogP contribution in [0.25, 0.3) is 11.4 Å². The zero-order valence-electron chi connectivity index (χ0n) is 15.7. The van der Waals surface area contributed by atoms with Crippen molar-refractivity contribution in [1.29, 1.82) is 0 Å². The quantitative estimate of drug-likeness (QED) is 0.634. The van der Waals surface area contributed by atoms with Crippen molar-refractivity contribution >= 4 is 17.7 Å². The number of carbonyl (C=O) groups is 1. The first-order valence-electron chi connectivity index (χ1n) is 8.87. The number of carbonyl (C=O) groups excluding carboxylic acids is 1. The SMILES string of the molecule is CC[C@H](NC(=O)CSc1nnc(-c2ccncc2)n1C)c1ccc(C)cc1. The third kappa shape index (κ3) is 4.74. The van der Waals surface area contributed by atoms with Gasteiger partial charge in [-0.15, -0.1) is 10.2 Å². The number of rotatable bonds is 7. The number of aryl methyl sites for hydroxylation is 1. The molecule has 0 aliphatic heterocycles. The van der Waals surface area contributed by atoms with E-state index < -0.39 is 0 Å². The van der Waals surface area contributed by atoms with E-state index in [-0.39, 0.29) is 11.9 Å². The van der Waals surface area contributed by atoms with E-state index in [2.05, 4.69) is 58.6 Å². The molecule has 2 aromatic heterocycles. The summed E-state index contributed by atoms with van der Waals surface area (Å²) in [7, 11) is 1.90. The van der Waals surface area contributed by atoms with Gasteiger partial charge in [-0.1, -0.05) is 48.5 Å². The first-order chi connectivity index (χ1) is 13.1. The Bertz CT molecular complexity index is 892. The van der Waals surface area contributed by atoms with Gasteiger partial charge in [-0.3, -0.25) is 9.78 Å². The second-order valence-electron chi connectivity index (χ2n) is 6.33. The van der Waals surface area contributed by atoms with Crippen LogP contribution >= 0.6 is 11.8 Å². The molecule has 0 unspecified atom stereocenters. The summed E-state index contributed by atoms with van der Waals surface area (Å²) in [5.74, 6) is 1.04. The minimum Gasteiger partial charge on any atom is -0.349 e. The fraction of sp³-hybridized carbons (Fsp3) is 0.300. The van der Waals surface area contributed by atoms with Crippen molar-refractivity contribution in [2.45, 2.75) is 31.5 Å². The molecular weight excluding hydrogens is 358 g/mol. The molecule has 0 saturated carbocycles. The Labute approximate surface area is 163 Å². The number of benzene rings is 1. The average Bonchev–Trinajstić information content (AvgIpc) is 3.06. The number of thioether (sulfide) groups is 1. The van der Waals surface area contributed by atoms with E-state index >= 15 is 0 Å². The van der Waals surface area contributed by atoms with Crippen LogP contribution in [0, 0.1) is 6.92 Å². The van der Waals surface area contributed by atoms with Crippen molar-refractivity contribution in [3.05, 3.63) is 59.9 Å². The van der Waals surface area contributed by atoms with Crippen LogP contribution in [0.5, 0.6) is 0 Å². The normalized spacial score (nSPS) is 12.0. The number of hydrogen-bond acceptors (Lipinski definition) is 5. The maximum atomic E-state index is 12.4. The predicted octanol–water partition coefficient (Wildman–Crippen LogP) is 3.55. The van der Waals surface area contributed by atoms with Crippen LogP contribution in [-0.4, -0.2) is 31.4 Å². The van der Waals surface area contributed by atoms with Gasteiger partial charge in [-0.2, -0.15) is 0 Å². The van der Waals surface area contributed by atoms with E-state index in [1.165, 1.54) is 17.3 Å². The van der Waals surface area contributed by atoms with E-state index in [1.54, 1.807) is 12.4 Å². The standard InChI is InChI=1S/C20H23N5OS/c1-4-17(15-7-5-14(2)6-8-15)22-18(26)13-27-20-24-23-19(25(20)3)16-9-11-21-12-10-16/h5-12,17H,4,13H2,1-3H3,(H,22,26)/t17-/m0/s1. The molecule has 1 amide bonds. The van der Waals surface area contributed by atoms with Crippen molar-refractivity contribution in [3.8, 4) is 11.4 Å². The molecular formula is C20H23N5OS. The van der Waals surface area contributed by atoms with Gasteiger partial charge in [0.2, 0.25) is 5.91 Å². The molecule has 0 radical (unpaired) electrons. The molecule has 3 aromatic rings. The lowest BCUT2D eigenvalue weighted by atomic mass is 10.0. The summed E-state index contributed by atoms with van der Waals surface area (Å²) in [6, 6.07) is 12.1. The molecule has 0 aliphatic carbocycles. The van der Waals surface area contributed by atoms with Crippen molar-refractivity contribution < 1.29 is 4.79 Å². The van der Waals surface area contributed by atoms with Crippen LogP contribution < -0.4 is 5.32 Å². The van der Waals surface area contributed by atoms with Gasteiger partial charge in [0.25, 0.3) is 0 Å². The fourth-order valence-corrected chi connectivity index (χ4v) is 3.50. The second-order valence-corrected chi connectivity index (χ2v) is 7.27. The molecule has 0 saturated heterocycles. The third-order valence-corrected chi connectivity index (χ3v) is 5.35. The minimum absolute atomic E-state index is 0.0131. The highest BCUT2D eigenvalue weighted by Crippen LogP contribution is 2.22. The molecule has 0 spiro atoms. The average molecular weight is 382 g/mol. The summed E-state index contributed by atoms with van der Waals surface area (Å²) >= 11 is 1.38. The van der Waals surface area contributed by atoms with Gasteiger partial charge < -0.3 is 9.88 Å². The van der Waals surface area contributed by atoms with Gasteiger partial charge in [0, 0.05) is 25.0 Å². The fourth-order valence-electron chi connectivity index (χ4n) is 2.78. The first-order valence-corrected chi connectivity index (χ1v) is 9.85. The van der Waals surface area contributed by atoms with Gasteiger partial charge in [0.05, 0.1) is 11.8 Å². The molecule has 1 aromatic carbocycles.